The molecule has 0 spiro atoms. The van der Waals surface area contributed by atoms with Crippen molar-refractivity contribution in [3.63, 3.8) is 0 Å². The van der Waals surface area contributed by atoms with E-state index < -0.39 is 0 Å². The quantitative estimate of drug-likeness (QED) is 0.717. The van der Waals surface area contributed by atoms with Crippen molar-refractivity contribution in [1.82, 2.24) is 4.90 Å². The summed E-state index contributed by atoms with van der Waals surface area (Å²) in [6.45, 7) is 3.27. The van der Waals surface area contributed by atoms with Crippen LogP contribution in [0.4, 0.5) is 5.69 Å². The van der Waals surface area contributed by atoms with Crippen molar-refractivity contribution in [1.29, 1.82) is 0 Å². The maximum Gasteiger partial charge on any atom is 0.0727 e. The molecule has 0 bridgehead atoms. The lowest BCUT2D eigenvalue weighted by Gasteiger charge is -2.24. The Morgan fingerprint density at radius 3 is 2.23 bits per heavy atom. The van der Waals surface area contributed by atoms with Crippen molar-refractivity contribution in [3.05, 3.63) is 71.8 Å². The maximum absolute atomic E-state index is 3.46. The standard InChI is InChI=1S/C20H27N2/c1-4-5-15-21-19-13-11-17(12-14-19)16-20(22(2)3)18-9-7-6-8-10-18/h6-14,21H,4-5,15-16H2,1-3H3. The Balaban J connectivity index is 2.01. The summed E-state index contributed by atoms with van der Waals surface area (Å²) in [5.74, 6) is 0. The molecule has 2 aromatic carbocycles. The predicted molar refractivity (Wildman–Crippen MR) is 96.0 cm³/mol. The summed E-state index contributed by atoms with van der Waals surface area (Å²) in [6.07, 6.45) is 3.39. The lowest BCUT2D eigenvalue weighted by molar-refractivity contribution is 0.431. The molecule has 0 aliphatic heterocycles. The summed E-state index contributed by atoms with van der Waals surface area (Å²) in [5.41, 5.74) is 3.84. The number of nitrogens with one attached hydrogen (secondary N) is 1. The number of hydrogen-bond donors (Lipinski definition) is 1. The molecule has 0 aromatic heterocycles. The summed E-state index contributed by atoms with van der Waals surface area (Å²) >= 11 is 0. The van der Waals surface area contributed by atoms with E-state index in [9.17, 15) is 0 Å². The van der Waals surface area contributed by atoms with Gasteiger partial charge in [-0.05, 0) is 50.2 Å². The minimum Gasteiger partial charge on any atom is -0.385 e. The van der Waals surface area contributed by atoms with Gasteiger partial charge in [-0.3, -0.25) is 4.90 Å². The lowest BCUT2D eigenvalue weighted by Crippen LogP contribution is -2.23. The molecule has 1 N–H and O–H groups in total. The molecule has 2 aromatic rings. The van der Waals surface area contributed by atoms with E-state index in [-0.39, 0.29) is 0 Å². The van der Waals surface area contributed by atoms with Crippen LogP contribution in [-0.2, 0) is 6.42 Å². The molecule has 117 valence electrons. The van der Waals surface area contributed by atoms with Crippen molar-refractivity contribution in [2.45, 2.75) is 26.2 Å². The Kier molecular flexibility index (Phi) is 6.47. The Hall–Kier alpha value is -1.80. The van der Waals surface area contributed by atoms with Gasteiger partial charge in [0.2, 0.25) is 0 Å². The zero-order valence-electron chi connectivity index (χ0n) is 14.0. The average Bonchev–Trinajstić information content (AvgIpc) is 2.55. The first-order valence-corrected chi connectivity index (χ1v) is 8.12. The van der Waals surface area contributed by atoms with Gasteiger partial charge in [0.1, 0.15) is 0 Å². The number of benzene rings is 2. The molecule has 0 unspecified atom stereocenters. The Morgan fingerprint density at radius 2 is 1.64 bits per heavy atom. The molecule has 2 heteroatoms. The Morgan fingerprint density at radius 1 is 0.955 bits per heavy atom. The number of hydrogen-bond acceptors (Lipinski definition) is 2. The highest BCUT2D eigenvalue weighted by Crippen LogP contribution is 2.22. The van der Waals surface area contributed by atoms with Gasteiger partial charge in [0, 0.05) is 12.2 Å². The molecule has 0 amide bonds. The fraction of sp³-hybridized carbons (Fsp3) is 0.350. The molecule has 0 saturated carbocycles. The fourth-order valence-electron chi connectivity index (χ4n) is 2.49. The largest absolute Gasteiger partial charge is 0.385 e. The van der Waals surface area contributed by atoms with E-state index in [0.29, 0.717) is 0 Å². The minimum atomic E-state index is 0.951. The van der Waals surface area contributed by atoms with Gasteiger partial charge in [-0.25, -0.2) is 0 Å². The second-order valence-corrected chi connectivity index (χ2v) is 5.86. The van der Waals surface area contributed by atoms with E-state index >= 15 is 0 Å². The topological polar surface area (TPSA) is 15.3 Å². The normalized spacial score (nSPS) is 11.1. The van der Waals surface area contributed by atoms with Crippen molar-refractivity contribution in [3.8, 4) is 0 Å². The molecule has 0 fully saturated rings. The second-order valence-electron chi connectivity index (χ2n) is 5.86. The third-order valence-corrected chi connectivity index (χ3v) is 3.83. The van der Waals surface area contributed by atoms with E-state index in [0.717, 1.165) is 13.0 Å². The number of rotatable bonds is 8. The van der Waals surface area contributed by atoms with Crippen LogP contribution in [0.15, 0.2) is 54.6 Å². The summed E-state index contributed by atoms with van der Waals surface area (Å²) < 4.78 is 0. The smallest absolute Gasteiger partial charge is 0.0727 e. The monoisotopic (exact) mass is 295 g/mol. The van der Waals surface area contributed by atoms with Gasteiger partial charge in [0.25, 0.3) is 0 Å². The molecular weight excluding hydrogens is 268 g/mol. The number of likely N-dealkylation sites (N-methyl/N-ethyl adjacent to an activating group) is 1. The zero-order valence-corrected chi connectivity index (χ0v) is 14.0. The molecule has 2 nitrogen and oxygen atoms in total. The van der Waals surface area contributed by atoms with E-state index in [1.165, 1.54) is 35.7 Å². The molecule has 2 rings (SSSR count). The molecule has 0 saturated heterocycles. The summed E-state index contributed by atoms with van der Waals surface area (Å²) in [7, 11) is 4.23. The summed E-state index contributed by atoms with van der Waals surface area (Å²) in [4.78, 5) is 2.21. The second kappa shape index (κ2) is 8.60. The van der Waals surface area contributed by atoms with E-state index in [2.05, 4.69) is 85.8 Å². The van der Waals surface area contributed by atoms with Crippen LogP contribution in [0, 0.1) is 6.04 Å². The van der Waals surface area contributed by atoms with Crippen LogP contribution >= 0.6 is 0 Å². The van der Waals surface area contributed by atoms with Gasteiger partial charge in [-0.1, -0.05) is 55.8 Å². The van der Waals surface area contributed by atoms with Crippen LogP contribution in [0.3, 0.4) is 0 Å². The fourth-order valence-corrected chi connectivity index (χ4v) is 2.49. The molecule has 0 aliphatic rings. The Bertz CT molecular complexity index is 531. The molecule has 0 aliphatic carbocycles. The predicted octanol–water partition coefficient (Wildman–Crippen LogP) is 4.58. The van der Waals surface area contributed by atoms with Gasteiger partial charge in [0.05, 0.1) is 6.04 Å². The van der Waals surface area contributed by atoms with Crippen molar-refractivity contribution in [2.24, 2.45) is 0 Å². The van der Waals surface area contributed by atoms with Crippen LogP contribution in [-0.4, -0.2) is 25.5 Å². The molecule has 1 radical (unpaired) electrons. The number of unbranched alkanes of at least 4 members (excludes halogenated alkanes) is 1. The van der Waals surface area contributed by atoms with Crippen LogP contribution in [0.25, 0.3) is 0 Å². The van der Waals surface area contributed by atoms with Gasteiger partial charge in [-0.2, -0.15) is 0 Å². The van der Waals surface area contributed by atoms with Gasteiger partial charge in [-0.15, -0.1) is 0 Å². The lowest BCUT2D eigenvalue weighted by atomic mass is 9.98. The van der Waals surface area contributed by atoms with Gasteiger partial charge in [0.15, 0.2) is 0 Å². The summed E-state index contributed by atoms with van der Waals surface area (Å²) in [6, 6.07) is 20.8. The van der Waals surface area contributed by atoms with E-state index in [4.69, 9.17) is 0 Å². The third kappa shape index (κ3) is 4.88. The zero-order chi connectivity index (χ0) is 15.8. The molecule has 0 heterocycles. The molecule has 0 atom stereocenters. The van der Waals surface area contributed by atoms with Crippen LogP contribution in [0.1, 0.15) is 30.9 Å². The third-order valence-electron chi connectivity index (χ3n) is 3.83. The minimum absolute atomic E-state index is 0.951. The molecule has 22 heavy (non-hydrogen) atoms. The van der Waals surface area contributed by atoms with Crippen LogP contribution < -0.4 is 5.32 Å². The summed E-state index contributed by atoms with van der Waals surface area (Å²) in [5, 5.41) is 3.46. The van der Waals surface area contributed by atoms with E-state index in [1.54, 1.807) is 0 Å². The first kappa shape index (κ1) is 16.6. The van der Waals surface area contributed by atoms with Crippen LogP contribution in [0.2, 0.25) is 0 Å². The van der Waals surface area contributed by atoms with Crippen molar-refractivity contribution >= 4 is 5.69 Å². The average molecular weight is 295 g/mol. The first-order chi connectivity index (χ1) is 10.7. The number of nitrogens with zero attached hydrogens (tertiary/aromatic N) is 1. The first-order valence-electron chi connectivity index (χ1n) is 8.12. The van der Waals surface area contributed by atoms with Gasteiger partial charge < -0.3 is 5.32 Å². The van der Waals surface area contributed by atoms with Crippen LogP contribution in [0.5, 0.6) is 0 Å². The van der Waals surface area contributed by atoms with Gasteiger partial charge >= 0.3 is 0 Å². The highest BCUT2D eigenvalue weighted by Gasteiger charge is 2.15. The van der Waals surface area contributed by atoms with Crippen molar-refractivity contribution in [2.75, 3.05) is 26.0 Å². The maximum atomic E-state index is 3.46. The highest BCUT2D eigenvalue weighted by molar-refractivity contribution is 5.45. The molecular formula is C20H27N2. The van der Waals surface area contributed by atoms with E-state index in [1.807, 2.05) is 0 Å². The SMILES string of the molecule is CCCCNc1ccc(C[C](c2ccccc2)N(C)C)cc1. The number of anilines is 1. The Labute approximate surface area is 135 Å². The highest BCUT2D eigenvalue weighted by atomic mass is 15.1. The van der Waals surface area contributed by atoms with Crippen molar-refractivity contribution < 1.29 is 0 Å².